The minimum Gasteiger partial charge on any atom is -0.468 e. The molecule has 0 saturated heterocycles. The summed E-state index contributed by atoms with van der Waals surface area (Å²) >= 11 is 0. The standard InChI is InChI=1S/C11H22N2O3/c1-5-6-8(2)13-10(14)7-12-9(3)11(15)16-4/h8-9,12H,5-7H2,1-4H3,(H,13,14). The van der Waals surface area contributed by atoms with Gasteiger partial charge >= 0.3 is 5.97 Å². The molecule has 2 N–H and O–H groups in total. The van der Waals surface area contributed by atoms with Crippen LogP contribution in [0.2, 0.25) is 0 Å². The lowest BCUT2D eigenvalue weighted by Gasteiger charge is -2.15. The zero-order valence-corrected chi connectivity index (χ0v) is 10.5. The summed E-state index contributed by atoms with van der Waals surface area (Å²) in [6.07, 6.45) is 1.99. The van der Waals surface area contributed by atoms with Gasteiger partial charge in [-0.25, -0.2) is 0 Å². The first-order chi connectivity index (χ1) is 7.51. The van der Waals surface area contributed by atoms with Crippen LogP contribution in [0.1, 0.15) is 33.6 Å². The lowest BCUT2D eigenvalue weighted by molar-refractivity contribution is -0.142. The van der Waals surface area contributed by atoms with Crippen molar-refractivity contribution in [3.63, 3.8) is 0 Å². The first kappa shape index (κ1) is 14.9. The van der Waals surface area contributed by atoms with E-state index in [9.17, 15) is 9.59 Å². The molecule has 0 rings (SSSR count). The Hall–Kier alpha value is -1.10. The van der Waals surface area contributed by atoms with Gasteiger partial charge in [0.15, 0.2) is 0 Å². The summed E-state index contributed by atoms with van der Waals surface area (Å²) in [5.41, 5.74) is 0. The number of ether oxygens (including phenoxy) is 1. The van der Waals surface area contributed by atoms with Gasteiger partial charge in [-0.3, -0.25) is 14.9 Å². The van der Waals surface area contributed by atoms with Gasteiger partial charge < -0.3 is 10.1 Å². The average molecular weight is 230 g/mol. The van der Waals surface area contributed by atoms with Crippen LogP contribution in [0.4, 0.5) is 0 Å². The summed E-state index contributed by atoms with van der Waals surface area (Å²) in [6.45, 7) is 5.82. The van der Waals surface area contributed by atoms with Crippen molar-refractivity contribution >= 4 is 11.9 Å². The molecule has 0 radical (unpaired) electrons. The van der Waals surface area contributed by atoms with E-state index in [0.717, 1.165) is 12.8 Å². The zero-order chi connectivity index (χ0) is 12.6. The summed E-state index contributed by atoms with van der Waals surface area (Å²) < 4.78 is 4.53. The van der Waals surface area contributed by atoms with Gasteiger partial charge in [-0.2, -0.15) is 0 Å². The monoisotopic (exact) mass is 230 g/mol. The highest BCUT2D eigenvalue weighted by Crippen LogP contribution is 1.94. The van der Waals surface area contributed by atoms with E-state index < -0.39 is 6.04 Å². The number of hydrogen-bond donors (Lipinski definition) is 2. The van der Waals surface area contributed by atoms with Crippen molar-refractivity contribution in [3.05, 3.63) is 0 Å². The second kappa shape index (κ2) is 8.10. The van der Waals surface area contributed by atoms with Crippen molar-refractivity contribution in [1.29, 1.82) is 0 Å². The number of hydrogen-bond acceptors (Lipinski definition) is 4. The van der Waals surface area contributed by atoms with Crippen molar-refractivity contribution in [2.75, 3.05) is 13.7 Å². The fourth-order valence-electron chi connectivity index (χ4n) is 1.34. The van der Waals surface area contributed by atoms with Gasteiger partial charge in [0.25, 0.3) is 0 Å². The van der Waals surface area contributed by atoms with Gasteiger partial charge in [-0.1, -0.05) is 13.3 Å². The second-order valence-corrected chi connectivity index (χ2v) is 3.88. The molecule has 2 unspecified atom stereocenters. The van der Waals surface area contributed by atoms with Crippen LogP contribution in [0.15, 0.2) is 0 Å². The van der Waals surface area contributed by atoms with Gasteiger partial charge in [0, 0.05) is 6.04 Å². The Labute approximate surface area is 96.9 Å². The molecule has 0 saturated carbocycles. The quantitative estimate of drug-likeness (QED) is 0.623. The van der Waals surface area contributed by atoms with Crippen molar-refractivity contribution in [2.45, 2.75) is 45.7 Å². The van der Waals surface area contributed by atoms with Crippen LogP contribution in [0.25, 0.3) is 0 Å². The summed E-state index contributed by atoms with van der Waals surface area (Å²) in [5, 5.41) is 5.63. The minimum atomic E-state index is -0.461. The van der Waals surface area contributed by atoms with Gasteiger partial charge in [0.1, 0.15) is 6.04 Å². The normalized spacial score (nSPS) is 14.0. The first-order valence-electron chi connectivity index (χ1n) is 5.61. The van der Waals surface area contributed by atoms with Gasteiger partial charge in [-0.05, 0) is 20.3 Å². The highest BCUT2D eigenvalue weighted by Gasteiger charge is 2.14. The molecule has 0 aromatic rings. The highest BCUT2D eigenvalue weighted by atomic mass is 16.5. The number of esters is 1. The molecule has 0 aliphatic heterocycles. The zero-order valence-electron chi connectivity index (χ0n) is 10.5. The van der Waals surface area contributed by atoms with Crippen LogP contribution in [0.5, 0.6) is 0 Å². The number of carbonyl (C=O) groups excluding carboxylic acids is 2. The van der Waals surface area contributed by atoms with Crippen LogP contribution in [-0.2, 0) is 14.3 Å². The largest absolute Gasteiger partial charge is 0.468 e. The van der Waals surface area contributed by atoms with Gasteiger partial charge in [0.05, 0.1) is 13.7 Å². The van der Waals surface area contributed by atoms with Crippen molar-refractivity contribution in [3.8, 4) is 0 Å². The molecule has 0 aliphatic carbocycles. The molecule has 0 fully saturated rings. The van der Waals surface area contributed by atoms with Crippen LogP contribution < -0.4 is 10.6 Å². The molecule has 1 amide bonds. The van der Waals surface area contributed by atoms with E-state index in [4.69, 9.17) is 0 Å². The molecular weight excluding hydrogens is 208 g/mol. The molecular formula is C11H22N2O3. The summed E-state index contributed by atoms with van der Waals surface area (Å²) in [5.74, 6) is -0.467. The Morgan fingerprint density at radius 2 is 1.94 bits per heavy atom. The molecule has 94 valence electrons. The molecule has 0 heterocycles. The lowest BCUT2D eigenvalue weighted by atomic mass is 10.2. The molecule has 16 heavy (non-hydrogen) atoms. The summed E-state index contributed by atoms with van der Waals surface area (Å²) in [7, 11) is 1.32. The number of nitrogens with one attached hydrogen (secondary N) is 2. The van der Waals surface area contributed by atoms with Crippen LogP contribution in [0, 0.1) is 0 Å². The number of carbonyl (C=O) groups is 2. The smallest absolute Gasteiger partial charge is 0.322 e. The van der Waals surface area contributed by atoms with Crippen molar-refractivity contribution < 1.29 is 14.3 Å². The molecule has 0 bridgehead atoms. The Morgan fingerprint density at radius 1 is 1.31 bits per heavy atom. The fourth-order valence-corrected chi connectivity index (χ4v) is 1.34. The van der Waals surface area contributed by atoms with Crippen LogP contribution >= 0.6 is 0 Å². The molecule has 0 aromatic carbocycles. The maximum atomic E-state index is 11.4. The van der Waals surface area contributed by atoms with Crippen LogP contribution in [-0.4, -0.2) is 37.6 Å². The van der Waals surface area contributed by atoms with E-state index in [1.807, 2.05) is 6.92 Å². The second-order valence-electron chi connectivity index (χ2n) is 3.88. The fraction of sp³-hybridized carbons (Fsp3) is 0.818. The predicted molar refractivity (Wildman–Crippen MR) is 62.0 cm³/mol. The summed E-state index contributed by atoms with van der Waals surface area (Å²) in [4.78, 5) is 22.5. The Balaban J connectivity index is 3.76. The van der Waals surface area contributed by atoms with Crippen molar-refractivity contribution in [2.24, 2.45) is 0 Å². The molecule has 5 nitrogen and oxygen atoms in total. The molecule has 5 heteroatoms. The van der Waals surface area contributed by atoms with E-state index >= 15 is 0 Å². The summed E-state index contributed by atoms with van der Waals surface area (Å²) in [6, 6.07) is -0.287. The van der Waals surface area contributed by atoms with E-state index in [1.165, 1.54) is 7.11 Å². The Morgan fingerprint density at radius 3 is 2.44 bits per heavy atom. The number of amides is 1. The Bertz CT molecular complexity index is 231. The van der Waals surface area contributed by atoms with Crippen molar-refractivity contribution in [1.82, 2.24) is 10.6 Å². The molecule has 0 aliphatic rings. The average Bonchev–Trinajstić information content (AvgIpc) is 2.24. The maximum absolute atomic E-state index is 11.4. The topological polar surface area (TPSA) is 67.4 Å². The molecule has 0 aromatic heterocycles. The van der Waals surface area contributed by atoms with Gasteiger partial charge in [-0.15, -0.1) is 0 Å². The SMILES string of the molecule is CCCC(C)NC(=O)CNC(C)C(=O)OC. The first-order valence-corrected chi connectivity index (χ1v) is 5.61. The van der Waals surface area contributed by atoms with Gasteiger partial charge in [0.2, 0.25) is 5.91 Å². The molecule has 2 atom stereocenters. The number of rotatable bonds is 7. The lowest BCUT2D eigenvalue weighted by Crippen LogP contribution is -2.44. The third kappa shape index (κ3) is 6.40. The molecule has 0 spiro atoms. The highest BCUT2D eigenvalue weighted by molar-refractivity contribution is 5.80. The third-order valence-corrected chi connectivity index (χ3v) is 2.25. The Kier molecular flexibility index (Phi) is 7.54. The maximum Gasteiger partial charge on any atom is 0.322 e. The third-order valence-electron chi connectivity index (χ3n) is 2.25. The minimum absolute atomic E-state index is 0.100. The van der Waals surface area contributed by atoms with E-state index in [0.29, 0.717) is 0 Å². The predicted octanol–water partition coefficient (Wildman–Crippen LogP) is 0.442. The van der Waals surface area contributed by atoms with E-state index in [-0.39, 0.29) is 24.5 Å². The van der Waals surface area contributed by atoms with Crippen LogP contribution in [0.3, 0.4) is 0 Å². The van der Waals surface area contributed by atoms with E-state index in [2.05, 4.69) is 22.3 Å². The number of methoxy groups -OCH3 is 1. The van der Waals surface area contributed by atoms with E-state index in [1.54, 1.807) is 6.92 Å².